The van der Waals surface area contributed by atoms with E-state index in [1.165, 1.54) is 7.11 Å². The zero-order chi connectivity index (χ0) is 16.7. The molecule has 0 spiro atoms. The average Bonchev–Trinajstić information content (AvgIpc) is 2.55. The molecule has 5 nitrogen and oxygen atoms in total. The van der Waals surface area contributed by atoms with Gasteiger partial charge in [0.1, 0.15) is 7.11 Å². The number of nitrogens with one attached hydrogen (secondary N) is 1. The van der Waals surface area contributed by atoms with Crippen LogP contribution in [0, 0.1) is 0 Å². The fourth-order valence-corrected chi connectivity index (χ4v) is 2.22. The number of pyridine rings is 1. The second kappa shape index (κ2) is 8.50. The van der Waals surface area contributed by atoms with E-state index in [9.17, 15) is 4.79 Å². The Balaban J connectivity index is 2.01. The van der Waals surface area contributed by atoms with Crippen molar-refractivity contribution in [1.29, 1.82) is 0 Å². The Morgan fingerprint density at radius 2 is 2.09 bits per heavy atom. The van der Waals surface area contributed by atoms with Gasteiger partial charge in [-0.2, -0.15) is 0 Å². The molecule has 0 aliphatic rings. The Morgan fingerprint density at radius 3 is 2.74 bits per heavy atom. The fraction of sp³-hybridized carbons (Fsp3) is 0.188. The maximum atomic E-state index is 12.0. The molecule has 0 bridgehead atoms. The van der Waals surface area contributed by atoms with Crippen molar-refractivity contribution < 1.29 is 9.63 Å². The number of benzene rings is 1. The number of oxime groups is 1. The van der Waals surface area contributed by atoms with Crippen LogP contribution in [0.1, 0.15) is 18.4 Å². The molecule has 2 aromatic rings. The van der Waals surface area contributed by atoms with E-state index in [4.69, 9.17) is 28.0 Å². The Hall–Kier alpha value is -2.11. The van der Waals surface area contributed by atoms with Crippen LogP contribution in [0.2, 0.25) is 10.0 Å². The number of rotatable bonds is 6. The Labute approximate surface area is 144 Å². The summed E-state index contributed by atoms with van der Waals surface area (Å²) in [5.74, 6) is -0.137. The van der Waals surface area contributed by atoms with Gasteiger partial charge >= 0.3 is 0 Å². The number of anilines is 1. The van der Waals surface area contributed by atoms with E-state index in [1.807, 2.05) is 0 Å². The van der Waals surface area contributed by atoms with Crippen LogP contribution in [0.3, 0.4) is 0 Å². The van der Waals surface area contributed by atoms with E-state index in [2.05, 4.69) is 15.5 Å². The van der Waals surface area contributed by atoms with E-state index in [1.54, 1.807) is 42.7 Å². The second-order valence-electron chi connectivity index (χ2n) is 4.64. The van der Waals surface area contributed by atoms with Crippen molar-refractivity contribution in [3.8, 4) is 0 Å². The molecular formula is C16H15Cl2N3O2. The monoisotopic (exact) mass is 351 g/mol. The summed E-state index contributed by atoms with van der Waals surface area (Å²) in [7, 11) is 1.45. The molecule has 1 aromatic heterocycles. The molecule has 7 heteroatoms. The topological polar surface area (TPSA) is 63.6 Å². The van der Waals surface area contributed by atoms with E-state index in [-0.39, 0.29) is 12.3 Å². The molecule has 1 amide bonds. The van der Waals surface area contributed by atoms with Crippen molar-refractivity contribution in [1.82, 2.24) is 4.98 Å². The van der Waals surface area contributed by atoms with Crippen LogP contribution in [0.25, 0.3) is 0 Å². The summed E-state index contributed by atoms with van der Waals surface area (Å²) in [6.45, 7) is 0. The number of hydrogen-bond acceptors (Lipinski definition) is 4. The van der Waals surface area contributed by atoms with Gasteiger partial charge < -0.3 is 10.2 Å². The zero-order valence-electron chi connectivity index (χ0n) is 12.4. The van der Waals surface area contributed by atoms with Crippen molar-refractivity contribution >= 4 is 40.5 Å². The molecule has 2 rings (SSSR count). The third-order valence-corrected chi connectivity index (χ3v) is 3.73. The molecule has 0 aliphatic carbocycles. The quantitative estimate of drug-likeness (QED) is 0.627. The van der Waals surface area contributed by atoms with Crippen LogP contribution in [-0.4, -0.2) is 23.7 Å². The molecule has 1 heterocycles. The van der Waals surface area contributed by atoms with Gasteiger partial charge in [0.2, 0.25) is 5.91 Å². The number of carbonyl (C=O) groups excluding carboxylic acids is 1. The van der Waals surface area contributed by atoms with E-state index in [0.29, 0.717) is 27.9 Å². The number of amides is 1. The van der Waals surface area contributed by atoms with E-state index >= 15 is 0 Å². The smallest absolute Gasteiger partial charge is 0.224 e. The first-order chi connectivity index (χ1) is 11.1. The number of halogens is 2. The molecule has 0 aliphatic heterocycles. The fourth-order valence-electron chi connectivity index (χ4n) is 1.92. The minimum Gasteiger partial charge on any atom is -0.399 e. The first-order valence-corrected chi connectivity index (χ1v) is 7.61. The summed E-state index contributed by atoms with van der Waals surface area (Å²) in [6, 6.07) is 8.68. The largest absolute Gasteiger partial charge is 0.399 e. The first kappa shape index (κ1) is 17.2. The molecule has 23 heavy (non-hydrogen) atoms. The molecule has 0 saturated heterocycles. The van der Waals surface area contributed by atoms with Gasteiger partial charge in [-0.1, -0.05) is 34.4 Å². The molecule has 0 unspecified atom stereocenters. The summed E-state index contributed by atoms with van der Waals surface area (Å²) in [5.41, 5.74) is 2.03. The number of aromatic nitrogens is 1. The Morgan fingerprint density at radius 1 is 1.26 bits per heavy atom. The maximum absolute atomic E-state index is 12.0. The van der Waals surface area contributed by atoms with Crippen LogP contribution in [0.15, 0.2) is 47.9 Å². The Kier molecular flexibility index (Phi) is 6.38. The van der Waals surface area contributed by atoms with E-state index in [0.717, 1.165) is 5.56 Å². The van der Waals surface area contributed by atoms with Gasteiger partial charge in [-0.15, -0.1) is 0 Å². The lowest BCUT2D eigenvalue weighted by molar-refractivity contribution is -0.116. The zero-order valence-corrected chi connectivity index (χ0v) is 13.9. The van der Waals surface area contributed by atoms with Crippen LogP contribution < -0.4 is 5.32 Å². The van der Waals surface area contributed by atoms with E-state index < -0.39 is 0 Å². The van der Waals surface area contributed by atoms with Gasteiger partial charge in [-0.25, -0.2) is 0 Å². The maximum Gasteiger partial charge on any atom is 0.224 e. The SMILES string of the molecule is CON=C(CCC(=O)Nc1cccnc1)c1ccc(Cl)c(Cl)c1. The van der Waals surface area contributed by atoms with Crippen molar-refractivity contribution in [3.63, 3.8) is 0 Å². The minimum atomic E-state index is -0.137. The highest BCUT2D eigenvalue weighted by Crippen LogP contribution is 2.23. The molecule has 0 saturated carbocycles. The van der Waals surface area contributed by atoms with Gasteiger partial charge in [0.05, 0.1) is 27.6 Å². The standard InChI is InChI=1S/C16H15Cl2N3O2/c1-23-21-15(11-4-5-13(17)14(18)9-11)6-7-16(22)20-12-3-2-8-19-10-12/h2-5,8-10H,6-7H2,1H3,(H,20,22). The van der Waals surface area contributed by atoms with Crippen molar-refractivity contribution in [3.05, 3.63) is 58.3 Å². The first-order valence-electron chi connectivity index (χ1n) is 6.85. The summed E-state index contributed by atoms with van der Waals surface area (Å²) in [6.07, 6.45) is 3.87. The van der Waals surface area contributed by atoms with Crippen LogP contribution in [0.4, 0.5) is 5.69 Å². The van der Waals surface area contributed by atoms with Gasteiger partial charge in [0, 0.05) is 24.6 Å². The van der Waals surface area contributed by atoms with Crippen LogP contribution in [-0.2, 0) is 9.63 Å². The van der Waals surface area contributed by atoms with Gasteiger partial charge in [0.15, 0.2) is 0 Å². The average molecular weight is 352 g/mol. The predicted molar refractivity (Wildman–Crippen MR) is 92.1 cm³/mol. The highest BCUT2D eigenvalue weighted by molar-refractivity contribution is 6.42. The third kappa shape index (κ3) is 5.23. The van der Waals surface area contributed by atoms with Gasteiger partial charge in [-0.05, 0) is 24.3 Å². The lowest BCUT2D eigenvalue weighted by Crippen LogP contribution is -2.14. The summed E-state index contributed by atoms with van der Waals surface area (Å²) >= 11 is 11.9. The molecule has 1 aromatic carbocycles. The third-order valence-electron chi connectivity index (χ3n) is 2.99. The molecular weight excluding hydrogens is 337 g/mol. The lowest BCUT2D eigenvalue weighted by Gasteiger charge is -2.08. The van der Waals surface area contributed by atoms with Crippen LogP contribution in [0.5, 0.6) is 0 Å². The molecule has 0 atom stereocenters. The van der Waals surface area contributed by atoms with Crippen molar-refractivity contribution in [2.45, 2.75) is 12.8 Å². The molecule has 120 valence electrons. The number of carbonyl (C=O) groups is 1. The van der Waals surface area contributed by atoms with Crippen molar-refractivity contribution in [2.75, 3.05) is 12.4 Å². The lowest BCUT2D eigenvalue weighted by atomic mass is 10.1. The molecule has 0 radical (unpaired) electrons. The van der Waals surface area contributed by atoms with Gasteiger partial charge in [0.25, 0.3) is 0 Å². The summed E-state index contributed by atoms with van der Waals surface area (Å²) < 4.78 is 0. The minimum absolute atomic E-state index is 0.137. The van der Waals surface area contributed by atoms with Crippen molar-refractivity contribution in [2.24, 2.45) is 5.16 Å². The summed E-state index contributed by atoms with van der Waals surface area (Å²) in [4.78, 5) is 20.8. The van der Waals surface area contributed by atoms with Gasteiger partial charge in [-0.3, -0.25) is 9.78 Å². The second-order valence-corrected chi connectivity index (χ2v) is 5.45. The molecule has 1 N–H and O–H groups in total. The number of nitrogens with zero attached hydrogens (tertiary/aromatic N) is 2. The number of hydrogen-bond donors (Lipinski definition) is 1. The Bertz CT molecular complexity index is 706. The normalized spacial score (nSPS) is 11.2. The van der Waals surface area contributed by atoms with Crippen LogP contribution >= 0.6 is 23.2 Å². The highest BCUT2D eigenvalue weighted by Gasteiger charge is 2.11. The predicted octanol–water partition coefficient (Wildman–Crippen LogP) is 4.16. The summed E-state index contributed by atoms with van der Waals surface area (Å²) in [5, 5.41) is 7.62. The molecule has 0 fully saturated rings. The highest BCUT2D eigenvalue weighted by atomic mass is 35.5.